The van der Waals surface area contributed by atoms with Crippen LogP contribution in [0.25, 0.3) is 0 Å². The van der Waals surface area contributed by atoms with Crippen molar-refractivity contribution in [1.29, 1.82) is 0 Å². The first-order chi connectivity index (χ1) is 9.20. The van der Waals surface area contributed by atoms with Crippen LogP contribution in [0.15, 0.2) is 12.3 Å². The number of piperidine rings is 1. The van der Waals surface area contributed by atoms with Gasteiger partial charge >= 0.3 is 0 Å². The van der Waals surface area contributed by atoms with Crippen LogP contribution in [0.4, 0.5) is 0 Å². The topological polar surface area (TPSA) is 50.2 Å². The van der Waals surface area contributed by atoms with Gasteiger partial charge in [0.1, 0.15) is 5.69 Å². The summed E-state index contributed by atoms with van der Waals surface area (Å²) in [4.78, 5) is 14.4. The summed E-state index contributed by atoms with van der Waals surface area (Å²) in [7, 11) is 1.84. The molecule has 19 heavy (non-hydrogen) atoms. The molecule has 1 atom stereocenters. The lowest BCUT2D eigenvalue weighted by atomic mass is 9.99. The standard InChI is InChI=1S/C14H24N4O/c1-3-8-18(11-12-5-4-7-15-10-12)14(19)13-6-9-17(2)16-13/h6,9,12,15H,3-5,7-8,10-11H2,1-2H3. The van der Waals surface area contributed by atoms with Crippen LogP contribution in [-0.2, 0) is 7.05 Å². The molecule has 5 heteroatoms. The highest BCUT2D eigenvalue weighted by molar-refractivity contribution is 5.92. The summed E-state index contributed by atoms with van der Waals surface area (Å²) in [6, 6.07) is 1.80. The van der Waals surface area contributed by atoms with E-state index in [4.69, 9.17) is 0 Å². The molecule has 0 radical (unpaired) electrons. The first-order valence-electron chi connectivity index (χ1n) is 7.20. The number of aryl methyl sites for hydroxylation is 1. The summed E-state index contributed by atoms with van der Waals surface area (Å²) in [5.74, 6) is 0.640. The molecular formula is C14H24N4O. The molecule has 1 amide bonds. The monoisotopic (exact) mass is 264 g/mol. The molecule has 0 bridgehead atoms. The summed E-state index contributed by atoms with van der Waals surface area (Å²) in [5.41, 5.74) is 0.555. The van der Waals surface area contributed by atoms with Crippen LogP contribution in [-0.4, -0.2) is 46.8 Å². The summed E-state index contributed by atoms with van der Waals surface area (Å²) in [6.45, 7) is 5.90. The van der Waals surface area contributed by atoms with Crippen LogP contribution < -0.4 is 5.32 Å². The van der Waals surface area contributed by atoms with Gasteiger partial charge in [-0.2, -0.15) is 5.10 Å². The first kappa shape index (κ1) is 14.1. The molecule has 1 fully saturated rings. The molecule has 1 aliphatic rings. The zero-order chi connectivity index (χ0) is 13.7. The Balaban J connectivity index is 1.99. The number of carbonyl (C=O) groups is 1. The van der Waals surface area contributed by atoms with Crippen molar-refractivity contribution in [1.82, 2.24) is 20.0 Å². The van der Waals surface area contributed by atoms with Crippen molar-refractivity contribution >= 4 is 5.91 Å². The van der Waals surface area contributed by atoms with Crippen molar-refractivity contribution in [3.8, 4) is 0 Å². The Hall–Kier alpha value is -1.36. The van der Waals surface area contributed by atoms with E-state index < -0.39 is 0 Å². The number of rotatable bonds is 5. The van der Waals surface area contributed by atoms with Gasteiger partial charge in [0, 0.05) is 26.3 Å². The maximum Gasteiger partial charge on any atom is 0.274 e. The molecule has 2 heterocycles. The first-order valence-corrected chi connectivity index (χ1v) is 7.20. The molecule has 1 N–H and O–H groups in total. The number of amides is 1. The van der Waals surface area contributed by atoms with E-state index in [0.29, 0.717) is 11.6 Å². The molecule has 1 saturated heterocycles. The largest absolute Gasteiger partial charge is 0.337 e. The van der Waals surface area contributed by atoms with Gasteiger partial charge in [-0.25, -0.2) is 0 Å². The van der Waals surface area contributed by atoms with Gasteiger partial charge < -0.3 is 10.2 Å². The van der Waals surface area contributed by atoms with Gasteiger partial charge in [-0.15, -0.1) is 0 Å². The minimum atomic E-state index is 0.0630. The van der Waals surface area contributed by atoms with E-state index in [0.717, 1.165) is 32.6 Å². The van der Waals surface area contributed by atoms with Crippen LogP contribution >= 0.6 is 0 Å². The van der Waals surface area contributed by atoms with E-state index in [1.54, 1.807) is 10.7 Å². The third-order valence-corrected chi connectivity index (χ3v) is 3.59. The summed E-state index contributed by atoms with van der Waals surface area (Å²) >= 11 is 0. The number of hydrogen-bond donors (Lipinski definition) is 1. The smallest absolute Gasteiger partial charge is 0.274 e. The molecule has 1 unspecified atom stereocenters. The van der Waals surface area contributed by atoms with Crippen molar-refractivity contribution in [3.63, 3.8) is 0 Å². The Labute approximate surface area is 115 Å². The highest BCUT2D eigenvalue weighted by Gasteiger charge is 2.22. The third-order valence-electron chi connectivity index (χ3n) is 3.59. The highest BCUT2D eigenvalue weighted by Crippen LogP contribution is 2.14. The van der Waals surface area contributed by atoms with Gasteiger partial charge in [-0.1, -0.05) is 6.92 Å². The van der Waals surface area contributed by atoms with Crippen molar-refractivity contribution in [3.05, 3.63) is 18.0 Å². The number of nitrogens with zero attached hydrogens (tertiary/aromatic N) is 3. The van der Waals surface area contributed by atoms with Gasteiger partial charge in [0.25, 0.3) is 5.91 Å². The lowest BCUT2D eigenvalue weighted by molar-refractivity contribution is 0.0712. The van der Waals surface area contributed by atoms with Gasteiger partial charge in [0.15, 0.2) is 0 Å². The lowest BCUT2D eigenvalue weighted by Gasteiger charge is -2.29. The zero-order valence-electron chi connectivity index (χ0n) is 11.9. The SMILES string of the molecule is CCCN(CC1CCCNC1)C(=O)c1ccn(C)n1. The van der Waals surface area contributed by atoms with E-state index in [9.17, 15) is 4.79 Å². The Kier molecular flexibility index (Phi) is 4.96. The molecule has 5 nitrogen and oxygen atoms in total. The van der Waals surface area contributed by atoms with E-state index in [-0.39, 0.29) is 5.91 Å². The van der Waals surface area contributed by atoms with Gasteiger partial charge in [-0.05, 0) is 44.3 Å². The highest BCUT2D eigenvalue weighted by atomic mass is 16.2. The molecule has 106 valence electrons. The minimum Gasteiger partial charge on any atom is -0.337 e. The summed E-state index contributed by atoms with van der Waals surface area (Å²) in [6.07, 6.45) is 5.23. The Morgan fingerprint density at radius 1 is 1.63 bits per heavy atom. The molecule has 1 aromatic heterocycles. The Bertz CT molecular complexity index is 409. The normalized spacial score (nSPS) is 19.4. The molecular weight excluding hydrogens is 240 g/mol. The lowest BCUT2D eigenvalue weighted by Crippen LogP contribution is -2.41. The van der Waals surface area contributed by atoms with Crippen LogP contribution in [0.1, 0.15) is 36.7 Å². The van der Waals surface area contributed by atoms with E-state index >= 15 is 0 Å². The molecule has 0 aromatic carbocycles. The molecule has 1 aliphatic heterocycles. The fraction of sp³-hybridized carbons (Fsp3) is 0.714. The quantitative estimate of drug-likeness (QED) is 0.871. The van der Waals surface area contributed by atoms with E-state index in [2.05, 4.69) is 17.3 Å². The van der Waals surface area contributed by atoms with E-state index in [1.165, 1.54) is 12.8 Å². The van der Waals surface area contributed by atoms with Gasteiger partial charge in [-0.3, -0.25) is 9.48 Å². The van der Waals surface area contributed by atoms with Crippen molar-refractivity contribution < 1.29 is 4.79 Å². The number of nitrogens with one attached hydrogen (secondary N) is 1. The third kappa shape index (κ3) is 3.80. The molecule has 0 spiro atoms. The fourth-order valence-corrected chi connectivity index (χ4v) is 2.63. The average Bonchev–Trinajstić information content (AvgIpc) is 2.85. The van der Waals surface area contributed by atoms with Crippen LogP contribution in [0.2, 0.25) is 0 Å². The fourth-order valence-electron chi connectivity index (χ4n) is 2.63. The Morgan fingerprint density at radius 3 is 3.05 bits per heavy atom. The van der Waals surface area contributed by atoms with Crippen molar-refractivity contribution in [2.24, 2.45) is 13.0 Å². The van der Waals surface area contributed by atoms with Gasteiger partial charge in [0.05, 0.1) is 0 Å². The minimum absolute atomic E-state index is 0.0630. The summed E-state index contributed by atoms with van der Waals surface area (Å²) < 4.78 is 1.68. The maximum absolute atomic E-state index is 12.5. The second-order valence-electron chi connectivity index (χ2n) is 5.34. The number of carbonyl (C=O) groups excluding carboxylic acids is 1. The predicted molar refractivity (Wildman–Crippen MR) is 75.0 cm³/mol. The predicted octanol–water partition coefficient (Wildman–Crippen LogP) is 1.27. The molecule has 1 aromatic rings. The number of aromatic nitrogens is 2. The van der Waals surface area contributed by atoms with E-state index in [1.807, 2.05) is 18.1 Å². The second-order valence-corrected chi connectivity index (χ2v) is 5.34. The maximum atomic E-state index is 12.5. The number of hydrogen-bond acceptors (Lipinski definition) is 3. The zero-order valence-corrected chi connectivity index (χ0v) is 11.9. The van der Waals surface area contributed by atoms with Crippen LogP contribution in [0.5, 0.6) is 0 Å². The molecule has 2 rings (SSSR count). The van der Waals surface area contributed by atoms with Crippen molar-refractivity contribution in [2.45, 2.75) is 26.2 Å². The average molecular weight is 264 g/mol. The second kappa shape index (κ2) is 6.70. The van der Waals surface area contributed by atoms with Crippen LogP contribution in [0, 0.1) is 5.92 Å². The molecule has 0 aliphatic carbocycles. The Morgan fingerprint density at radius 2 is 2.47 bits per heavy atom. The summed E-state index contributed by atoms with van der Waals surface area (Å²) in [5, 5.41) is 7.62. The van der Waals surface area contributed by atoms with Crippen molar-refractivity contribution in [2.75, 3.05) is 26.2 Å². The van der Waals surface area contributed by atoms with Crippen LogP contribution in [0.3, 0.4) is 0 Å². The molecule has 0 saturated carbocycles. The van der Waals surface area contributed by atoms with Gasteiger partial charge in [0.2, 0.25) is 0 Å².